The van der Waals surface area contributed by atoms with Crippen molar-refractivity contribution < 1.29 is 27.1 Å². The Morgan fingerprint density at radius 1 is 0.956 bits per heavy atom. The molecule has 2 aliphatic rings. The molecule has 1 amide bonds. The molecule has 9 nitrogen and oxygen atoms in total. The molecule has 4 atom stereocenters. The lowest BCUT2D eigenvalue weighted by Crippen LogP contribution is -2.55. The Balaban J connectivity index is 1.55. The molecule has 45 heavy (non-hydrogen) atoms. The zero-order valence-corrected chi connectivity index (χ0v) is 26.2. The molecule has 0 radical (unpaired) electrons. The van der Waals surface area contributed by atoms with E-state index in [1.807, 2.05) is 39.6 Å². The first-order valence-electron chi connectivity index (χ1n) is 14.9. The quantitative estimate of drug-likeness (QED) is 0.398. The Morgan fingerprint density at radius 2 is 1.60 bits per heavy atom. The Hall–Kier alpha value is -3.97. The number of nitrogens with one attached hydrogen (secondary N) is 1. The molecule has 0 saturated carbocycles. The maximum atomic E-state index is 15.9. The van der Waals surface area contributed by atoms with Crippen LogP contribution in [0.4, 0.5) is 34.8 Å². The zero-order valence-electron chi connectivity index (χ0n) is 26.2. The van der Waals surface area contributed by atoms with E-state index in [9.17, 15) is 22.8 Å². The Morgan fingerprint density at radius 3 is 2.18 bits per heavy atom. The standard InChI is InChI=1S/C32H38F4N6O3/c1-18-13-41(14-19(2)40(18)6)28-11-26(33)23(22-7-8-29(37-12-22)42-15-20(3)45-21(4)16-42)9-27(28)38-31(44)24-17-39(5)30(43)10-25(24)32(34,35)36/h7-12,17-21H,13-16H2,1-6H3,(H,38,44). The fourth-order valence-electron chi connectivity index (χ4n) is 6.08. The SMILES string of the molecule is CC1CN(c2ccc(-c3cc(NC(=O)c4cn(C)c(=O)cc4C(F)(F)F)c(N4CC(C)N(C)C(C)C4)cc3F)cn2)CC(C)O1. The average Bonchev–Trinajstić information content (AvgIpc) is 2.96. The van der Waals surface area contributed by atoms with Gasteiger partial charge in [0.15, 0.2) is 0 Å². The van der Waals surface area contributed by atoms with Gasteiger partial charge in [0, 0.05) is 74.9 Å². The third-order valence-corrected chi connectivity index (χ3v) is 8.61. The number of benzene rings is 1. The van der Waals surface area contributed by atoms with Gasteiger partial charge in [-0.1, -0.05) is 0 Å². The minimum Gasteiger partial charge on any atom is -0.372 e. The first-order valence-corrected chi connectivity index (χ1v) is 14.9. The van der Waals surface area contributed by atoms with Crippen molar-refractivity contribution in [3.8, 4) is 11.1 Å². The lowest BCUT2D eigenvalue weighted by molar-refractivity contribution is -0.138. The number of morpholine rings is 1. The Labute approximate surface area is 259 Å². The van der Waals surface area contributed by atoms with Gasteiger partial charge < -0.3 is 24.4 Å². The van der Waals surface area contributed by atoms with Crippen LogP contribution in [0.2, 0.25) is 0 Å². The fraction of sp³-hybridized carbons (Fsp3) is 0.469. The molecule has 2 fully saturated rings. The fourth-order valence-corrected chi connectivity index (χ4v) is 6.08. The van der Waals surface area contributed by atoms with E-state index in [0.717, 1.165) is 10.8 Å². The first-order chi connectivity index (χ1) is 21.1. The van der Waals surface area contributed by atoms with E-state index >= 15 is 4.39 Å². The molecule has 0 bridgehead atoms. The van der Waals surface area contributed by atoms with Crippen LogP contribution in [0.25, 0.3) is 11.1 Å². The zero-order chi connectivity index (χ0) is 32.8. The first kappa shape index (κ1) is 32.4. The van der Waals surface area contributed by atoms with E-state index < -0.39 is 34.6 Å². The van der Waals surface area contributed by atoms with Gasteiger partial charge in [0.05, 0.1) is 34.7 Å². The predicted molar refractivity (Wildman–Crippen MR) is 165 cm³/mol. The molecule has 0 spiro atoms. The second-order valence-corrected chi connectivity index (χ2v) is 12.2. The van der Waals surface area contributed by atoms with Gasteiger partial charge in [0.1, 0.15) is 11.6 Å². The van der Waals surface area contributed by atoms with Crippen LogP contribution in [0, 0.1) is 5.82 Å². The van der Waals surface area contributed by atoms with Crippen LogP contribution >= 0.6 is 0 Å². The van der Waals surface area contributed by atoms with Gasteiger partial charge in [0.2, 0.25) is 0 Å². The van der Waals surface area contributed by atoms with Crippen molar-refractivity contribution in [1.82, 2.24) is 14.5 Å². The van der Waals surface area contributed by atoms with Crippen LogP contribution in [0.1, 0.15) is 43.6 Å². The van der Waals surface area contributed by atoms with E-state index in [-0.39, 0.29) is 35.5 Å². The highest BCUT2D eigenvalue weighted by atomic mass is 19.4. The smallest absolute Gasteiger partial charge is 0.372 e. The molecule has 3 aromatic rings. The van der Waals surface area contributed by atoms with E-state index in [1.165, 1.54) is 19.2 Å². The van der Waals surface area contributed by atoms with Gasteiger partial charge in [-0.05, 0) is 59.0 Å². The third kappa shape index (κ3) is 6.84. The van der Waals surface area contributed by atoms with Gasteiger partial charge >= 0.3 is 6.18 Å². The number of aromatic nitrogens is 2. The molecule has 1 N–H and O–H groups in total. The summed E-state index contributed by atoms with van der Waals surface area (Å²) in [6.07, 6.45) is -2.49. The molecular weight excluding hydrogens is 592 g/mol. The number of nitrogens with zero attached hydrogens (tertiary/aromatic N) is 5. The van der Waals surface area contributed by atoms with Gasteiger partial charge in [0.25, 0.3) is 11.5 Å². The molecular formula is C32H38F4N6O3. The van der Waals surface area contributed by atoms with Crippen LogP contribution in [-0.4, -0.2) is 77.9 Å². The minimum absolute atomic E-state index is 0.0243. The van der Waals surface area contributed by atoms with Crippen molar-refractivity contribution in [3.05, 3.63) is 70.0 Å². The summed E-state index contributed by atoms with van der Waals surface area (Å²) < 4.78 is 64.3. The van der Waals surface area contributed by atoms with Crippen molar-refractivity contribution in [1.29, 1.82) is 0 Å². The Bertz CT molecular complexity index is 1600. The number of likely N-dealkylation sites (N-methyl/N-ethyl adjacent to an activating group) is 1. The summed E-state index contributed by atoms with van der Waals surface area (Å²) in [5.74, 6) is -0.930. The molecule has 0 aliphatic carbocycles. The number of hydrogen-bond acceptors (Lipinski definition) is 7. The van der Waals surface area contributed by atoms with Gasteiger partial charge in [-0.15, -0.1) is 0 Å². The number of halogens is 4. The number of anilines is 3. The van der Waals surface area contributed by atoms with E-state index in [0.29, 0.717) is 49.3 Å². The summed E-state index contributed by atoms with van der Waals surface area (Å²) in [5, 5.41) is 2.62. The molecule has 2 aliphatic heterocycles. The van der Waals surface area contributed by atoms with E-state index in [4.69, 9.17) is 4.74 Å². The van der Waals surface area contributed by atoms with Crippen LogP contribution in [0.3, 0.4) is 0 Å². The van der Waals surface area contributed by atoms with Gasteiger partial charge in [-0.3, -0.25) is 14.5 Å². The molecule has 2 aromatic heterocycles. The molecule has 13 heteroatoms. The maximum Gasteiger partial charge on any atom is 0.417 e. The summed E-state index contributed by atoms with van der Waals surface area (Å²) in [5.41, 5.74) is -1.92. The van der Waals surface area contributed by atoms with Gasteiger partial charge in [-0.25, -0.2) is 9.37 Å². The highest BCUT2D eigenvalue weighted by Crippen LogP contribution is 2.37. The molecule has 242 valence electrons. The number of amides is 1. The van der Waals surface area contributed by atoms with Crippen LogP contribution in [0.5, 0.6) is 0 Å². The number of aryl methyl sites for hydroxylation is 1. The molecule has 4 unspecified atom stereocenters. The van der Waals surface area contributed by atoms with Crippen LogP contribution in [-0.2, 0) is 18.0 Å². The lowest BCUT2D eigenvalue weighted by Gasteiger charge is -2.44. The summed E-state index contributed by atoms with van der Waals surface area (Å²) in [7, 11) is 3.26. The highest BCUT2D eigenvalue weighted by Gasteiger charge is 2.37. The largest absolute Gasteiger partial charge is 0.417 e. The second-order valence-electron chi connectivity index (χ2n) is 12.2. The summed E-state index contributed by atoms with van der Waals surface area (Å²) in [4.78, 5) is 36.3. The number of hydrogen-bond donors (Lipinski definition) is 1. The van der Waals surface area contributed by atoms with Crippen LogP contribution in [0.15, 0.2) is 47.5 Å². The van der Waals surface area contributed by atoms with Crippen molar-refractivity contribution in [2.24, 2.45) is 7.05 Å². The van der Waals surface area contributed by atoms with Crippen molar-refractivity contribution in [3.63, 3.8) is 0 Å². The highest BCUT2D eigenvalue weighted by molar-refractivity contribution is 6.07. The summed E-state index contributed by atoms with van der Waals surface area (Å²) in [6.45, 7) is 10.3. The molecule has 5 rings (SSSR count). The molecule has 4 heterocycles. The third-order valence-electron chi connectivity index (χ3n) is 8.61. The number of carbonyl (C=O) groups is 1. The predicted octanol–water partition coefficient (Wildman–Crippen LogP) is 5.00. The molecule has 1 aromatic carbocycles. The number of pyridine rings is 2. The topological polar surface area (TPSA) is 82.9 Å². The number of alkyl halides is 3. The summed E-state index contributed by atoms with van der Waals surface area (Å²) in [6, 6.07) is 6.83. The van der Waals surface area contributed by atoms with Crippen LogP contribution < -0.4 is 20.7 Å². The monoisotopic (exact) mass is 630 g/mol. The van der Waals surface area contributed by atoms with Crippen molar-refractivity contribution in [2.45, 2.75) is 58.2 Å². The average molecular weight is 631 g/mol. The summed E-state index contributed by atoms with van der Waals surface area (Å²) >= 11 is 0. The second kappa shape index (κ2) is 12.4. The normalized spacial score (nSPS) is 22.9. The van der Waals surface area contributed by atoms with E-state index in [2.05, 4.69) is 20.1 Å². The minimum atomic E-state index is -4.94. The number of rotatable bonds is 5. The number of carbonyl (C=O) groups excluding carboxylic acids is 1. The molecule has 2 saturated heterocycles. The van der Waals surface area contributed by atoms with Crippen molar-refractivity contribution in [2.75, 3.05) is 48.3 Å². The van der Waals surface area contributed by atoms with Crippen molar-refractivity contribution >= 4 is 23.1 Å². The number of piperazine rings is 1. The van der Waals surface area contributed by atoms with E-state index in [1.54, 1.807) is 18.3 Å². The lowest BCUT2D eigenvalue weighted by atomic mass is 10.0. The maximum absolute atomic E-state index is 15.9. The van der Waals surface area contributed by atoms with Gasteiger partial charge in [-0.2, -0.15) is 13.2 Å². The number of ether oxygens (including phenoxy) is 1. The Kier molecular flexibility index (Phi) is 8.96.